The minimum absolute atomic E-state index is 0.0811. The second kappa shape index (κ2) is 7.76. The normalized spacial score (nSPS) is 12.9. The largest absolute Gasteiger partial charge is 0.465 e. The number of nitrogens with two attached hydrogens (primary N) is 1. The number of hydrogen-bond donors (Lipinski definition) is 2. The van der Waals surface area contributed by atoms with Crippen LogP contribution in [0.4, 0.5) is 0 Å². The van der Waals surface area contributed by atoms with E-state index in [-0.39, 0.29) is 13.0 Å². The third-order valence-electron chi connectivity index (χ3n) is 1.91. The summed E-state index contributed by atoms with van der Waals surface area (Å²) in [5.41, 5.74) is 5.44. The summed E-state index contributed by atoms with van der Waals surface area (Å²) < 4.78 is 4.93. The van der Waals surface area contributed by atoms with E-state index < -0.39 is 12.0 Å². The van der Waals surface area contributed by atoms with E-state index in [1.165, 1.54) is 0 Å². The molecule has 0 aromatic rings. The van der Waals surface area contributed by atoms with Gasteiger partial charge in [-0.3, -0.25) is 4.79 Å². The number of rotatable bonds is 7. The van der Waals surface area contributed by atoms with Crippen molar-refractivity contribution in [1.29, 1.82) is 0 Å². The highest BCUT2D eigenvalue weighted by atomic mass is 16.5. The molecule has 0 aliphatic rings. The summed E-state index contributed by atoms with van der Waals surface area (Å²) in [6.45, 7) is 4.59. The van der Waals surface area contributed by atoms with Crippen LogP contribution in [0.15, 0.2) is 0 Å². The molecule has 0 rings (SSSR count). The lowest BCUT2D eigenvalue weighted by atomic mass is 10.1. The average Bonchev–Trinajstić information content (AvgIpc) is 2.12. The highest BCUT2D eigenvalue weighted by molar-refractivity contribution is 5.75. The smallest absolute Gasteiger partial charge is 0.322 e. The maximum Gasteiger partial charge on any atom is 0.322 e. The predicted molar refractivity (Wildman–Crippen MR) is 54.7 cm³/mol. The first-order valence-electron chi connectivity index (χ1n) is 5.11. The molecular formula is C10H21NO3. The molecule has 4 heteroatoms. The topological polar surface area (TPSA) is 72.5 Å². The fourth-order valence-electron chi connectivity index (χ4n) is 1.03. The number of carbonyl (C=O) groups excluding carboxylic acids is 1. The quantitative estimate of drug-likeness (QED) is 0.471. The summed E-state index contributed by atoms with van der Waals surface area (Å²) in [4.78, 5) is 11.1. The van der Waals surface area contributed by atoms with Gasteiger partial charge in [0.05, 0.1) is 6.61 Å². The molecule has 0 aromatic heterocycles. The van der Waals surface area contributed by atoms with Crippen LogP contribution in [0.1, 0.15) is 33.1 Å². The van der Waals surface area contributed by atoms with Crippen molar-refractivity contribution in [3.8, 4) is 0 Å². The van der Waals surface area contributed by atoms with Crippen LogP contribution in [0, 0.1) is 5.92 Å². The summed E-state index contributed by atoms with van der Waals surface area (Å²) in [5, 5.41) is 8.54. The van der Waals surface area contributed by atoms with E-state index in [4.69, 9.17) is 15.6 Å². The van der Waals surface area contributed by atoms with Crippen LogP contribution in [0.5, 0.6) is 0 Å². The van der Waals surface area contributed by atoms with Crippen molar-refractivity contribution < 1.29 is 14.6 Å². The van der Waals surface area contributed by atoms with Gasteiger partial charge in [-0.25, -0.2) is 0 Å². The van der Waals surface area contributed by atoms with E-state index in [2.05, 4.69) is 13.8 Å². The molecule has 0 saturated heterocycles. The number of aliphatic hydroxyl groups is 1. The fourth-order valence-corrected chi connectivity index (χ4v) is 1.03. The van der Waals surface area contributed by atoms with Crippen molar-refractivity contribution >= 4 is 5.97 Å². The molecule has 0 unspecified atom stereocenters. The number of esters is 1. The van der Waals surface area contributed by atoms with Gasteiger partial charge in [0.25, 0.3) is 0 Å². The Kier molecular flexibility index (Phi) is 7.42. The Morgan fingerprint density at radius 2 is 2.07 bits per heavy atom. The molecule has 0 radical (unpaired) electrons. The highest BCUT2D eigenvalue weighted by Crippen LogP contribution is 2.03. The molecule has 14 heavy (non-hydrogen) atoms. The van der Waals surface area contributed by atoms with Gasteiger partial charge in [-0.2, -0.15) is 0 Å². The van der Waals surface area contributed by atoms with Gasteiger partial charge < -0.3 is 15.6 Å². The maximum absolute atomic E-state index is 11.1. The van der Waals surface area contributed by atoms with Gasteiger partial charge >= 0.3 is 5.97 Å². The van der Waals surface area contributed by atoms with Gasteiger partial charge in [0.15, 0.2) is 0 Å². The molecule has 1 atom stereocenters. The highest BCUT2D eigenvalue weighted by Gasteiger charge is 2.13. The molecule has 0 fully saturated rings. The molecule has 0 bridgehead atoms. The first-order valence-corrected chi connectivity index (χ1v) is 5.11. The Morgan fingerprint density at radius 1 is 1.43 bits per heavy atom. The van der Waals surface area contributed by atoms with Gasteiger partial charge in [0.1, 0.15) is 6.04 Å². The molecule has 0 heterocycles. The first-order chi connectivity index (χ1) is 6.57. The van der Waals surface area contributed by atoms with E-state index in [1.807, 2.05) is 0 Å². The standard InChI is InChI=1S/C10H21NO3/c1-8(2)4-3-7-14-10(13)9(11)5-6-12/h8-9,12H,3-7,11H2,1-2H3/t9-/m1/s1. The fraction of sp³-hybridized carbons (Fsp3) is 0.900. The molecule has 0 saturated carbocycles. The Bertz CT molecular complexity index is 159. The maximum atomic E-state index is 11.1. The van der Waals surface area contributed by atoms with Crippen LogP contribution < -0.4 is 5.73 Å². The number of hydrogen-bond acceptors (Lipinski definition) is 4. The van der Waals surface area contributed by atoms with Gasteiger partial charge in [0, 0.05) is 6.61 Å². The van der Waals surface area contributed by atoms with Gasteiger partial charge in [0.2, 0.25) is 0 Å². The monoisotopic (exact) mass is 203 g/mol. The van der Waals surface area contributed by atoms with Crippen molar-refractivity contribution in [3.05, 3.63) is 0 Å². The van der Waals surface area contributed by atoms with Crippen LogP contribution in [-0.4, -0.2) is 30.3 Å². The Balaban J connectivity index is 3.44. The van der Waals surface area contributed by atoms with E-state index in [1.54, 1.807) is 0 Å². The van der Waals surface area contributed by atoms with Crippen LogP contribution in [0.3, 0.4) is 0 Å². The van der Waals surface area contributed by atoms with Gasteiger partial charge in [-0.1, -0.05) is 13.8 Å². The van der Waals surface area contributed by atoms with Crippen molar-refractivity contribution in [3.63, 3.8) is 0 Å². The third-order valence-corrected chi connectivity index (χ3v) is 1.91. The van der Waals surface area contributed by atoms with Crippen LogP contribution in [0.2, 0.25) is 0 Å². The first kappa shape index (κ1) is 13.4. The van der Waals surface area contributed by atoms with Crippen LogP contribution in [0.25, 0.3) is 0 Å². The zero-order valence-corrected chi connectivity index (χ0v) is 9.03. The molecule has 0 spiro atoms. The van der Waals surface area contributed by atoms with E-state index in [0.29, 0.717) is 12.5 Å². The van der Waals surface area contributed by atoms with Gasteiger partial charge in [-0.05, 0) is 25.2 Å². The molecule has 0 aliphatic carbocycles. The zero-order valence-electron chi connectivity index (χ0n) is 9.03. The van der Waals surface area contributed by atoms with Crippen LogP contribution >= 0.6 is 0 Å². The lowest BCUT2D eigenvalue weighted by molar-refractivity contribution is -0.145. The molecule has 4 nitrogen and oxygen atoms in total. The number of carbonyl (C=O) groups is 1. The lowest BCUT2D eigenvalue weighted by Gasteiger charge is -2.10. The predicted octanol–water partition coefficient (Wildman–Crippen LogP) is 0.676. The van der Waals surface area contributed by atoms with E-state index >= 15 is 0 Å². The summed E-state index contributed by atoms with van der Waals surface area (Å²) in [7, 11) is 0. The zero-order chi connectivity index (χ0) is 11.0. The SMILES string of the molecule is CC(C)CCCOC(=O)[C@H](N)CCO. The van der Waals surface area contributed by atoms with E-state index in [9.17, 15) is 4.79 Å². The van der Waals surface area contributed by atoms with Crippen molar-refractivity contribution in [2.24, 2.45) is 11.7 Å². The summed E-state index contributed by atoms with van der Waals surface area (Å²) in [5.74, 6) is 0.211. The minimum Gasteiger partial charge on any atom is -0.465 e. The summed E-state index contributed by atoms with van der Waals surface area (Å²) in [6, 6.07) is -0.681. The van der Waals surface area contributed by atoms with Crippen molar-refractivity contribution in [2.45, 2.75) is 39.2 Å². The summed E-state index contributed by atoms with van der Waals surface area (Å²) >= 11 is 0. The summed E-state index contributed by atoms with van der Waals surface area (Å²) in [6.07, 6.45) is 2.18. The minimum atomic E-state index is -0.681. The van der Waals surface area contributed by atoms with Crippen molar-refractivity contribution in [1.82, 2.24) is 0 Å². The Morgan fingerprint density at radius 3 is 2.57 bits per heavy atom. The molecule has 0 aliphatic heterocycles. The van der Waals surface area contributed by atoms with E-state index in [0.717, 1.165) is 12.8 Å². The molecule has 0 amide bonds. The number of ether oxygens (including phenoxy) is 1. The van der Waals surface area contributed by atoms with Gasteiger partial charge in [-0.15, -0.1) is 0 Å². The molecular weight excluding hydrogens is 182 g/mol. The Hall–Kier alpha value is -0.610. The lowest BCUT2D eigenvalue weighted by Crippen LogP contribution is -2.33. The van der Waals surface area contributed by atoms with Crippen molar-refractivity contribution in [2.75, 3.05) is 13.2 Å². The van der Waals surface area contributed by atoms with Crippen LogP contribution in [-0.2, 0) is 9.53 Å². The second-order valence-corrected chi connectivity index (χ2v) is 3.82. The number of aliphatic hydroxyl groups excluding tert-OH is 1. The molecule has 84 valence electrons. The second-order valence-electron chi connectivity index (χ2n) is 3.82. The Labute approximate surface area is 85.4 Å². The molecule has 0 aromatic carbocycles. The average molecular weight is 203 g/mol. The molecule has 3 N–H and O–H groups in total. The third kappa shape index (κ3) is 6.86.